The molecule has 2 aromatic carbocycles. The largest absolute Gasteiger partial charge is 0.335 e. The molecular weight excluding hydrogens is 417 g/mol. The molecule has 0 spiro atoms. The number of benzene rings is 2. The lowest BCUT2D eigenvalue weighted by molar-refractivity contribution is -0.131. The zero-order valence-corrected chi connectivity index (χ0v) is 17.6. The van der Waals surface area contributed by atoms with Gasteiger partial charge in [0.15, 0.2) is 0 Å². The van der Waals surface area contributed by atoms with Gasteiger partial charge < -0.3 is 4.90 Å². The molecule has 1 aromatic heterocycles. The van der Waals surface area contributed by atoms with Crippen molar-refractivity contribution in [3.05, 3.63) is 90.0 Å². The first kappa shape index (κ1) is 21.0. The zero-order valence-electron chi connectivity index (χ0n) is 16.7. The van der Waals surface area contributed by atoms with Crippen molar-refractivity contribution in [2.45, 2.75) is 36.7 Å². The van der Waals surface area contributed by atoms with Gasteiger partial charge in [-0.05, 0) is 72.5 Å². The summed E-state index contributed by atoms with van der Waals surface area (Å²) in [6.45, 7) is 0.557. The first-order valence-corrected chi connectivity index (χ1v) is 11.4. The lowest BCUT2D eigenvalue weighted by Gasteiger charge is -2.22. The molecule has 6 nitrogen and oxygen atoms in total. The standard InChI is InChI=1S/C23H22FN3O3S/c24-19-3-9-22(10-4-19)31(29,30)26-20-5-1-17(2-6-20)15-23(28)27(21-7-8-21)16-18-11-13-25-14-12-18/h1-6,9-14,21,26H,7-8,15-16H2. The van der Waals surface area contributed by atoms with Crippen molar-refractivity contribution in [3.63, 3.8) is 0 Å². The van der Waals surface area contributed by atoms with Crippen molar-refractivity contribution in [2.75, 3.05) is 4.72 Å². The SMILES string of the molecule is O=C(Cc1ccc(NS(=O)(=O)c2ccc(F)cc2)cc1)N(Cc1ccncc1)C1CC1. The molecule has 8 heteroatoms. The summed E-state index contributed by atoms with van der Waals surface area (Å²) in [6, 6.07) is 15.4. The fourth-order valence-electron chi connectivity index (χ4n) is 3.29. The highest BCUT2D eigenvalue weighted by Gasteiger charge is 2.32. The van der Waals surface area contributed by atoms with E-state index in [1.807, 2.05) is 17.0 Å². The molecule has 3 aromatic rings. The topological polar surface area (TPSA) is 79.4 Å². The monoisotopic (exact) mass is 439 g/mol. The molecule has 0 bridgehead atoms. The molecule has 31 heavy (non-hydrogen) atoms. The summed E-state index contributed by atoms with van der Waals surface area (Å²) in [7, 11) is -3.81. The number of aromatic nitrogens is 1. The fourth-order valence-corrected chi connectivity index (χ4v) is 4.35. The minimum absolute atomic E-state index is 0.0238. The number of carbonyl (C=O) groups excluding carboxylic acids is 1. The Morgan fingerprint density at radius 1 is 0.968 bits per heavy atom. The van der Waals surface area contributed by atoms with Crippen molar-refractivity contribution in [2.24, 2.45) is 0 Å². The molecule has 1 N–H and O–H groups in total. The Labute approximate surface area is 180 Å². The van der Waals surface area contributed by atoms with E-state index in [1.165, 1.54) is 12.1 Å². The van der Waals surface area contributed by atoms with Gasteiger partial charge in [0.05, 0.1) is 11.3 Å². The van der Waals surface area contributed by atoms with E-state index in [-0.39, 0.29) is 23.3 Å². The lowest BCUT2D eigenvalue weighted by Crippen LogP contribution is -2.33. The summed E-state index contributed by atoms with van der Waals surface area (Å²) in [5.41, 5.74) is 2.22. The van der Waals surface area contributed by atoms with Crippen LogP contribution in [0.15, 0.2) is 78.0 Å². The first-order valence-electron chi connectivity index (χ1n) is 9.96. The van der Waals surface area contributed by atoms with Crippen LogP contribution >= 0.6 is 0 Å². The van der Waals surface area contributed by atoms with Crippen LogP contribution in [-0.4, -0.2) is 30.3 Å². The maximum absolute atomic E-state index is 13.0. The Morgan fingerprint density at radius 2 is 1.61 bits per heavy atom. The number of anilines is 1. The third-order valence-corrected chi connectivity index (χ3v) is 6.49. The van der Waals surface area contributed by atoms with Crippen LogP contribution in [0.1, 0.15) is 24.0 Å². The second-order valence-electron chi connectivity index (χ2n) is 7.54. The Kier molecular flexibility index (Phi) is 5.99. The normalized spacial score (nSPS) is 13.6. The molecule has 1 heterocycles. The van der Waals surface area contributed by atoms with Crippen LogP contribution in [0.4, 0.5) is 10.1 Å². The Morgan fingerprint density at radius 3 is 2.23 bits per heavy atom. The van der Waals surface area contributed by atoms with Gasteiger partial charge in [0.1, 0.15) is 5.82 Å². The maximum atomic E-state index is 13.0. The van der Waals surface area contributed by atoms with E-state index in [1.54, 1.807) is 36.7 Å². The maximum Gasteiger partial charge on any atom is 0.261 e. The quantitative estimate of drug-likeness (QED) is 0.580. The third-order valence-electron chi connectivity index (χ3n) is 5.10. The van der Waals surface area contributed by atoms with Crippen LogP contribution in [0.25, 0.3) is 0 Å². The van der Waals surface area contributed by atoms with Crippen LogP contribution in [0, 0.1) is 5.82 Å². The number of carbonyl (C=O) groups is 1. The number of halogens is 1. The minimum Gasteiger partial charge on any atom is -0.335 e. The second-order valence-corrected chi connectivity index (χ2v) is 9.22. The van der Waals surface area contributed by atoms with Gasteiger partial charge in [0, 0.05) is 30.7 Å². The van der Waals surface area contributed by atoms with E-state index in [2.05, 4.69) is 9.71 Å². The van der Waals surface area contributed by atoms with Crippen molar-refractivity contribution < 1.29 is 17.6 Å². The number of rotatable bonds is 8. The third kappa shape index (κ3) is 5.46. The molecule has 1 amide bonds. The highest BCUT2D eigenvalue weighted by Crippen LogP contribution is 2.29. The Hall–Kier alpha value is -3.26. The number of hydrogen-bond acceptors (Lipinski definition) is 4. The highest BCUT2D eigenvalue weighted by atomic mass is 32.2. The molecule has 1 aliphatic carbocycles. The molecule has 0 radical (unpaired) electrons. The first-order chi connectivity index (χ1) is 14.9. The number of nitrogens with zero attached hydrogens (tertiary/aromatic N) is 2. The summed E-state index contributed by atoms with van der Waals surface area (Å²) in [6.07, 6.45) is 5.71. The summed E-state index contributed by atoms with van der Waals surface area (Å²) >= 11 is 0. The molecule has 160 valence electrons. The van der Waals surface area contributed by atoms with Gasteiger partial charge in [-0.15, -0.1) is 0 Å². The van der Waals surface area contributed by atoms with Crippen molar-refractivity contribution in [1.82, 2.24) is 9.88 Å². The van der Waals surface area contributed by atoms with Crippen LogP contribution in [0.2, 0.25) is 0 Å². The molecule has 1 saturated carbocycles. The predicted octanol–water partition coefficient (Wildman–Crippen LogP) is 3.76. The van der Waals surface area contributed by atoms with Crippen LogP contribution in [0.3, 0.4) is 0 Å². The number of nitrogens with one attached hydrogen (secondary N) is 1. The van der Waals surface area contributed by atoms with E-state index >= 15 is 0 Å². The van der Waals surface area contributed by atoms with Gasteiger partial charge in [-0.25, -0.2) is 12.8 Å². The van der Waals surface area contributed by atoms with Crippen LogP contribution in [-0.2, 0) is 27.8 Å². The molecule has 0 aliphatic heterocycles. The van der Waals surface area contributed by atoms with Gasteiger partial charge in [-0.2, -0.15) is 0 Å². The van der Waals surface area contributed by atoms with E-state index in [9.17, 15) is 17.6 Å². The van der Waals surface area contributed by atoms with Crippen molar-refractivity contribution >= 4 is 21.6 Å². The van der Waals surface area contributed by atoms with Gasteiger partial charge in [0.2, 0.25) is 5.91 Å². The molecule has 1 fully saturated rings. The van der Waals surface area contributed by atoms with Gasteiger partial charge >= 0.3 is 0 Å². The predicted molar refractivity (Wildman–Crippen MR) is 115 cm³/mol. The smallest absolute Gasteiger partial charge is 0.261 e. The van der Waals surface area contributed by atoms with Gasteiger partial charge in [0.25, 0.3) is 10.0 Å². The van der Waals surface area contributed by atoms with Gasteiger partial charge in [-0.3, -0.25) is 14.5 Å². The Balaban J connectivity index is 1.40. The molecule has 0 unspecified atom stereocenters. The molecule has 1 aliphatic rings. The second kappa shape index (κ2) is 8.85. The lowest BCUT2D eigenvalue weighted by atomic mass is 10.1. The summed E-state index contributed by atoms with van der Waals surface area (Å²) < 4.78 is 40.3. The average Bonchev–Trinajstić information content (AvgIpc) is 3.59. The summed E-state index contributed by atoms with van der Waals surface area (Å²) in [5.74, 6) is -0.462. The van der Waals surface area contributed by atoms with E-state index in [4.69, 9.17) is 0 Å². The van der Waals surface area contributed by atoms with E-state index in [0.717, 1.165) is 36.1 Å². The number of pyridine rings is 1. The van der Waals surface area contributed by atoms with E-state index in [0.29, 0.717) is 12.2 Å². The molecule has 0 atom stereocenters. The molecule has 4 rings (SSSR count). The highest BCUT2D eigenvalue weighted by molar-refractivity contribution is 7.92. The average molecular weight is 440 g/mol. The van der Waals surface area contributed by atoms with E-state index < -0.39 is 15.8 Å². The fraction of sp³-hybridized carbons (Fsp3) is 0.217. The Bertz CT molecular complexity index is 1150. The molecule has 0 saturated heterocycles. The van der Waals surface area contributed by atoms with Gasteiger partial charge in [-0.1, -0.05) is 12.1 Å². The summed E-state index contributed by atoms with van der Waals surface area (Å²) in [4.78, 5) is 18.8. The molecular formula is C23H22FN3O3S. The van der Waals surface area contributed by atoms with Crippen LogP contribution < -0.4 is 4.72 Å². The number of amides is 1. The number of sulfonamides is 1. The number of hydrogen-bond donors (Lipinski definition) is 1. The zero-order chi connectivity index (χ0) is 21.8. The minimum atomic E-state index is -3.81. The van der Waals surface area contributed by atoms with Crippen LogP contribution in [0.5, 0.6) is 0 Å². The summed E-state index contributed by atoms with van der Waals surface area (Å²) in [5, 5.41) is 0. The van der Waals surface area contributed by atoms with Crippen molar-refractivity contribution in [3.8, 4) is 0 Å². The van der Waals surface area contributed by atoms with Crippen molar-refractivity contribution in [1.29, 1.82) is 0 Å².